The predicted octanol–water partition coefficient (Wildman–Crippen LogP) is 3.07. The van der Waals surface area contributed by atoms with Crippen molar-refractivity contribution in [3.63, 3.8) is 0 Å². The maximum absolute atomic E-state index is 13.1. The fourth-order valence-corrected chi connectivity index (χ4v) is 3.53. The number of hydrogen-bond donors (Lipinski definition) is 2. The van der Waals surface area contributed by atoms with Crippen molar-refractivity contribution >= 4 is 11.8 Å². The van der Waals surface area contributed by atoms with Crippen molar-refractivity contribution in [2.24, 2.45) is 11.7 Å². The molecule has 31 heavy (non-hydrogen) atoms. The molecule has 0 bridgehead atoms. The lowest BCUT2D eigenvalue weighted by Crippen LogP contribution is -2.37. The average Bonchev–Trinajstić information content (AvgIpc) is 3.01. The molecule has 1 heterocycles. The van der Waals surface area contributed by atoms with Crippen molar-refractivity contribution in [1.82, 2.24) is 15.1 Å². The van der Waals surface area contributed by atoms with Gasteiger partial charge < -0.3 is 11.1 Å². The molecule has 0 radical (unpaired) electrons. The number of benzene rings is 2. The summed E-state index contributed by atoms with van der Waals surface area (Å²) in [5, 5.41) is 7.33. The van der Waals surface area contributed by atoms with Crippen LogP contribution in [0.25, 0.3) is 0 Å². The van der Waals surface area contributed by atoms with Crippen molar-refractivity contribution in [3.05, 3.63) is 88.0 Å². The molecule has 7 heteroatoms. The number of halogens is 1. The van der Waals surface area contributed by atoms with Crippen LogP contribution in [0.2, 0.25) is 0 Å². The van der Waals surface area contributed by atoms with E-state index in [0.29, 0.717) is 24.2 Å². The van der Waals surface area contributed by atoms with Gasteiger partial charge >= 0.3 is 0 Å². The standard InChI is InChI=1S/C24H27FN4O2/c1-15-4-6-19(7-5-15)14-29-17(3)22(16(2)28-29)24(31)27-13-20(23(26)30)12-18-8-10-21(25)11-9-18/h4-11,20H,12-14H2,1-3H3,(H2,26,30)(H,27,31). The molecule has 1 aromatic heterocycles. The van der Waals surface area contributed by atoms with Crippen LogP contribution < -0.4 is 11.1 Å². The van der Waals surface area contributed by atoms with E-state index < -0.39 is 11.8 Å². The summed E-state index contributed by atoms with van der Waals surface area (Å²) in [6.07, 6.45) is 0.320. The molecule has 2 amide bonds. The molecule has 0 spiro atoms. The van der Waals surface area contributed by atoms with E-state index >= 15 is 0 Å². The molecule has 162 valence electrons. The molecule has 0 saturated heterocycles. The molecule has 6 nitrogen and oxygen atoms in total. The van der Waals surface area contributed by atoms with Gasteiger partial charge in [-0.1, -0.05) is 42.0 Å². The molecule has 1 atom stereocenters. The first-order valence-electron chi connectivity index (χ1n) is 10.2. The highest BCUT2D eigenvalue weighted by molar-refractivity contribution is 5.96. The molecule has 3 aromatic rings. The zero-order valence-corrected chi connectivity index (χ0v) is 18.0. The number of aryl methyl sites for hydroxylation is 2. The molecule has 0 aliphatic heterocycles. The minimum absolute atomic E-state index is 0.0908. The number of hydrogen-bond acceptors (Lipinski definition) is 3. The van der Waals surface area contributed by atoms with E-state index in [1.807, 2.05) is 38.1 Å². The second-order valence-electron chi connectivity index (χ2n) is 7.83. The second kappa shape index (κ2) is 9.55. The van der Waals surface area contributed by atoms with Crippen LogP contribution >= 0.6 is 0 Å². The van der Waals surface area contributed by atoms with E-state index in [-0.39, 0.29) is 18.3 Å². The summed E-state index contributed by atoms with van der Waals surface area (Å²) in [5.41, 5.74) is 10.4. The molecule has 0 saturated carbocycles. The molecule has 0 aliphatic carbocycles. The summed E-state index contributed by atoms with van der Waals surface area (Å²) >= 11 is 0. The van der Waals surface area contributed by atoms with Crippen LogP contribution in [0.3, 0.4) is 0 Å². The summed E-state index contributed by atoms with van der Waals surface area (Å²) in [6.45, 7) is 6.33. The maximum atomic E-state index is 13.1. The molecule has 3 rings (SSSR count). The Bertz CT molecular complexity index is 1070. The third-order valence-corrected chi connectivity index (χ3v) is 5.37. The van der Waals surface area contributed by atoms with Crippen LogP contribution in [0.15, 0.2) is 48.5 Å². The number of nitrogens with one attached hydrogen (secondary N) is 1. The Balaban J connectivity index is 1.68. The highest BCUT2D eigenvalue weighted by atomic mass is 19.1. The maximum Gasteiger partial charge on any atom is 0.255 e. The lowest BCUT2D eigenvalue weighted by Gasteiger charge is -2.15. The van der Waals surface area contributed by atoms with Crippen molar-refractivity contribution in [3.8, 4) is 0 Å². The van der Waals surface area contributed by atoms with Gasteiger partial charge in [-0.3, -0.25) is 14.3 Å². The number of amides is 2. The average molecular weight is 423 g/mol. The van der Waals surface area contributed by atoms with Crippen molar-refractivity contribution in [1.29, 1.82) is 0 Å². The zero-order valence-electron chi connectivity index (χ0n) is 18.0. The monoisotopic (exact) mass is 422 g/mol. The van der Waals surface area contributed by atoms with Gasteiger partial charge in [-0.2, -0.15) is 5.10 Å². The first-order valence-corrected chi connectivity index (χ1v) is 10.2. The van der Waals surface area contributed by atoms with Crippen LogP contribution in [-0.4, -0.2) is 28.1 Å². The third-order valence-electron chi connectivity index (χ3n) is 5.37. The molecule has 1 unspecified atom stereocenters. The number of carbonyl (C=O) groups excluding carboxylic acids is 2. The molecule has 0 aliphatic rings. The third kappa shape index (κ3) is 5.57. The second-order valence-corrected chi connectivity index (χ2v) is 7.83. The van der Waals surface area contributed by atoms with E-state index in [4.69, 9.17) is 5.73 Å². The summed E-state index contributed by atoms with van der Waals surface area (Å²) in [5.74, 6) is -1.76. The number of nitrogens with zero attached hydrogens (tertiary/aromatic N) is 2. The lowest BCUT2D eigenvalue weighted by molar-refractivity contribution is -0.121. The van der Waals surface area contributed by atoms with Gasteiger partial charge in [0.05, 0.1) is 23.7 Å². The summed E-state index contributed by atoms with van der Waals surface area (Å²) < 4.78 is 14.9. The Labute approximate surface area is 181 Å². The number of rotatable bonds is 8. The Morgan fingerprint density at radius 2 is 1.65 bits per heavy atom. The normalized spacial score (nSPS) is 11.9. The first kappa shape index (κ1) is 22.2. The van der Waals surface area contributed by atoms with Crippen LogP contribution in [-0.2, 0) is 17.8 Å². The Morgan fingerprint density at radius 3 is 2.26 bits per heavy atom. The Morgan fingerprint density at radius 1 is 1.03 bits per heavy atom. The Hall–Kier alpha value is -3.48. The van der Waals surface area contributed by atoms with E-state index in [1.54, 1.807) is 23.7 Å². The van der Waals surface area contributed by atoms with Crippen LogP contribution in [0.1, 0.15) is 38.4 Å². The van der Waals surface area contributed by atoms with E-state index in [9.17, 15) is 14.0 Å². The zero-order chi connectivity index (χ0) is 22.5. The number of carbonyl (C=O) groups is 2. The quantitative estimate of drug-likeness (QED) is 0.585. The minimum atomic E-state index is -0.599. The van der Waals surface area contributed by atoms with E-state index in [1.165, 1.54) is 17.7 Å². The van der Waals surface area contributed by atoms with Crippen molar-refractivity contribution in [2.75, 3.05) is 6.54 Å². The summed E-state index contributed by atoms with van der Waals surface area (Å²) in [4.78, 5) is 24.7. The lowest BCUT2D eigenvalue weighted by atomic mass is 9.98. The summed E-state index contributed by atoms with van der Waals surface area (Å²) in [6, 6.07) is 14.0. The fourth-order valence-electron chi connectivity index (χ4n) is 3.53. The molecule has 2 aromatic carbocycles. The van der Waals surface area contributed by atoms with Gasteiger partial charge in [-0.25, -0.2) is 4.39 Å². The predicted molar refractivity (Wildman–Crippen MR) is 117 cm³/mol. The summed E-state index contributed by atoms with van der Waals surface area (Å²) in [7, 11) is 0. The van der Waals surface area contributed by atoms with Gasteiger partial charge in [0, 0.05) is 12.2 Å². The number of nitrogens with two attached hydrogens (primary N) is 1. The van der Waals surface area contributed by atoms with Gasteiger partial charge in [0.15, 0.2) is 0 Å². The van der Waals surface area contributed by atoms with E-state index in [0.717, 1.165) is 16.8 Å². The topological polar surface area (TPSA) is 90.0 Å². The van der Waals surface area contributed by atoms with Gasteiger partial charge in [0.1, 0.15) is 5.82 Å². The Kier molecular flexibility index (Phi) is 6.84. The molecule has 0 fully saturated rings. The van der Waals surface area contributed by atoms with Crippen LogP contribution in [0.5, 0.6) is 0 Å². The van der Waals surface area contributed by atoms with Crippen molar-refractivity contribution in [2.45, 2.75) is 33.7 Å². The number of primary amides is 1. The van der Waals surface area contributed by atoms with Crippen molar-refractivity contribution < 1.29 is 14.0 Å². The SMILES string of the molecule is Cc1ccc(Cn2nc(C)c(C(=O)NCC(Cc3ccc(F)cc3)C(N)=O)c2C)cc1. The highest BCUT2D eigenvalue weighted by Crippen LogP contribution is 2.16. The van der Waals surface area contributed by atoms with Gasteiger partial charge in [-0.05, 0) is 50.5 Å². The minimum Gasteiger partial charge on any atom is -0.369 e. The smallest absolute Gasteiger partial charge is 0.255 e. The van der Waals surface area contributed by atoms with Gasteiger partial charge in [-0.15, -0.1) is 0 Å². The molecular weight excluding hydrogens is 395 g/mol. The molecular formula is C24H27FN4O2. The van der Waals surface area contributed by atoms with Gasteiger partial charge in [0.25, 0.3) is 5.91 Å². The first-order chi connectivity index (χ1) is 14.7. The number of aromatic nitrogens is 2. The molecule has 3 N–H and O–H groups in total. The van der Waals surface area contributed by atoms with Crippen LogP contribution in [0.4, 0.5) is 4.39 Å². The van der Waals surface area contributed by atoms with Gasteiger partial charge in [0.2, 0.25) is 5.91 Å². The largest absolute Gasteiger partial charge is 0.369 e. The van der Waals surface area contributed by atoms with Crippen LogP contribution in [0, 0.1) is 32.5 Å². The van der Waals surface area contributed by atoms with E-state index in [2.05, 4.69) is 10.4 Å². The fraction of sp³-hybridized carbons (Fsp3) is 0.292. The highest BCUT2D eigenvalue weighted by Gasteiger charge is 2.22.